The largest absolute Gasteiger partial charge is 0.379 e. The molecule has 1 fully saturated rings. The molecule has 0 bridgehead atoms. The lowest BCUT2D eigenvalue weighted by molar-refractivity contribution is 0.0374. The van der Waals surface area contributed by atoms with Crippen molar-refractivity contribution < 1.29 is 14.3 Å². The number of rotatable bonds is 8. The smallest absolute Gasteiger partial charge is 0.286 e. The van der Waals surface area contributed by atoms with Gasteiger partial charge in [0.1, 0.15) is 5.01 Å². The predicted octanol–water partition coefficient (Wildman–Crippen LogP) is 1.80. The van der Waals surface area contributed by atoms with Gasteiger partial charge in [-0.1, -0.05) is 18.3 Å². The Bertz CT molecular complexity index is 787. The summed E-state index contributed by atoms with van der Waals surface area (Å²) < 4.78 is 5.32. The molecule has 1 aromatic carbocycles. The minimum Gasteiger partial charge on any atom is -0.379 e. The summed E-state index contributed by atoms with van der Waals surface area (Å²) in [6.45, 7) is 7.04. The molecule has 28 heavy (non-hydrogen) atoms. The van der Waals surface area contributed by atoms with Gasteiger partial charge < -0.3 is 15.4 Å². The van der Waals surface area contributed by atoms with Crippen LogP contribution in [-0.2, 0) is 11.2 Å². The maximum atomic E-state index is 12.2. The van der Waals surface area contributed by atoms with E-state index in [0.717, 1.165) is 50.7 Å². The van der Waals surface area contributed by atoms with Crippen LogP contribution in [0.2, 0.25) is 0 Å². The van der Waals surface area contributed by atoms with Crippen molar-refractivity contribution in [1.82, 2.24) is 20.4 Å². The molecule has 0 radical (unpaired) electrons. The van der Waals surface area contributed by atoms with Crippen LogP contribution in [-0.4, -0.2) is 66.3 Å². The number of benzene rings is 1. The zero-order valence-electron chi connectivity index (χ0n) is 15.9. The summed E-state index contributed by atoms with van der Waals surface area (Å²) >= 11 is 1.28. The molecule has 8 nitrogen and oxygen atoms in total. The van der Waals surface area contributed by atoms with Crippen molar-refractivity contribution in [3.05, 3.63) is 39.8 Å². The Morgan fingerprint density at radius 1 is 1.14 bits per heavy atom. The molecule has 0 spiro atoms. The highest BCUT2D eigenvalue weighted by Crippen LogP contribution is 2.14. The Hall–Kier alpha value is -2.36. The molecule has 9 heteroatoms. The Morgan fingerprint density at radius 2 is 1.89 bits per heavy atom. The number of morpholine rings is 1. The number of carbonyl (C=O) groups excluding carboxylic acids is 2. The van der Waals surface area contributed by atoms with Gasteiger partial charge in [0, 0.05) is 30.9 Å². The van der Waals surface area contributed by atoms with Crippen LogP contribution in [0.1, 0.15) is 38.5 Å². The van der Waals surface area contributed by atoms with Gasteiger partial charge in [0.15, 0.2) is 0 Å². The van der Waals surface area contributed by atoms with Crippen LogP contribution in [0, 0.1) is 0 Å². The van der Waals surface area contributed by atoms with E-state index in [2.05, 4.69) is 25.7 Å². The molecule has 2 N–H and O–H groups in total. The molecule has 1 saturated heterocycles. The number of aryl methyl sites for hydroxylation is 1. The third-order valence-electron chi connectivity index (χ3n) is 4.41. The van der Waals surface area contributed by atoms with Gasteiger partial charge in [-0.15, -0.1) is 10.2 Å². The van der Waals surface area contributed by atoms with Gasteiger partial charge in [0.25, 0.3) is 11.8 Å². The van der Waals surface area contributed by atoms with Crippen molar-refractivity contribution in [2.24, 2.45) is 0 Å². The maximum Gasteiger partial charge on any atom is 0.286 e. The number of aromatic nitrogens is 2. The molecule has 2 amide bonds. The fraction of sp³-hybridized carbons (Fsp3) is 0.474. The Morgan fingerprint density at radius 3 is 2.57 bits per heavy atom. The highest BCUT2D eigenvalue weighted by molar-refractivity contribution is 7.13. The summed E-state index contributed by atoms with van der Waals surface area (Å²) in [6, 6.07) is 6.82. The SMILES string of the molecule is CCc1nnc(C(=O)Nc2ccc(C(=O)NCCCN3CCOCC3)cc2)s1. The Balaban J connectivity index is 1.42. The van der Waals surface area contributed by atoms with E-state index in [4.69, 9.17) is 4.74 Å². The van der Waals surface area contributed by atoms with Crippen molar-refractivity contribution in [2.45, 2.75) is 19.8 Å². The zero-order valence-corrected chi connectivity index (χ0v) is 16.8. The molecule has 1 aromatic heterocycles. The third-order valence-corrected chi connectivity index (χ3v) is 5.48. The van der Waals surface area contributed by atoms with Crippen LogP contribution in [0.15, 0.2) is 24.3 Å². The summed E-state index contributed by atoms with van der Waals surface area (Å²) in [6.07, 6.45) is 1.66. The monoisotopic (exact) mass is 403 g/mol. The minimum absolute atomic E-state index is 0.114. The Kier molecular flexibility index (Phi) is 7.46. The molecular formula is C19H25N5O3S. The van der Waals surface area contributed by atoms with Gasteiger partial charge in [0.2, 0.25) is 5.01 Å². The first-order valence-electron chi connectivity index (χ1n) is 9.48. The van der Waals surface area contributed by atoms with Crippen molar-refractivity contribution >= 4 is 28.8 Å². The number of anilines is 1. The average Bonchev–Trinajstić information content (AvgIpc) is 3.22. The van der Waals surface area contributed by atoms with Crippen molar-refractivity contribution in [2.75, 3.05) is 44.7 Å². The van der Waals surface area contributed by atoms with Crippen LogP contribution in [0.5, 0.6) is 0 Å². The predicted molar refractivity (Wildman–Crippen MR) is 108 cm³/mol. The number of hydrogen-bond donors (Lipinski definition) is 2. The van der Waals surface area contributed by atoms with Crippen LogP contribution >= 0.6 is 11.3 Å². The fourth-order valence-electron chi connectivity index (χ4n) is 2.81. The summed E-state index contributed by atoms with van der Waals surface area (Å²) in [5.41, 5.74) is 1.18. The highest BCUT2D eigenvalue weighted by atomic mass is 32.1. The average molecular weight is 404 g/mol. The van der Waals surface area contributed by atoms with Crippen molar-refractivity contribution in [3.63, 3.8) is 0 Å². The van der Waals surface area contributed by atoms with E-state index in [-0.39, 0.29) is 11.8 Å². The Labute approximate surface area is 168 Å². The lowest BCUT2D eigenvalue weighted by Gasteiger charge is -2.26. The zero-order chi connectivity index (χ0) is 19.8. The molecule has 1 aliphatic rings. The van der Waals surface area contributed by atoms with Crippen molar-refractivity contribution in [1.29, 1.82) is 0 Å². The molecule has 0 atom stereocenters. The lowest BCUT2D eigenvalue weighted by Crippen LogP contribution is -2.38. The second kappa shape index (κ2) is 10.3. The lowest BCUT2D eigenvalue weighted by atomic mass is 10.2. The van der Waals surface area contributed by atoms with Gasteiger partial charge in [0.05, 0.1) is 13.2 Å². The van der Waals surface area contributed by atoms with E-state index in [9.17, 15) is 9.59 Å². The summed E-state index contributed by atoms with van der Waals surface area (Å²) in [5, 5.41) is 14.7. The summed E-state index contributed by atoms with van der Waals surface area (Å²) in [4.78, 5) is 26.8. The standard InChI is InChI=1S/C19H25N5O3S/c1-2-16-22-23-19(28-16)18(26)21-15-6-4-14(5-7-15)17(25)20-8-3-9-24-10-12-27-13-11-24/h4-7H,2-3,8-13H2,1H3,(H,20,25)(H,21,26). The number of ether oxygens (including phenoxy) is 1. The molecule has 2 heterocycles. The van der Waals surface area contributed by atoms with Crippen LogP contribution < -0.4 is 10.6 Å². The first-order valence-corrected chi connectivity index (χ1v) is 10.3. The summed E-state index contributed by atoms with van der Waals surface area (Å²) in [7, 11) is 0. The highest BCUT2D eigenvalue weighted by Gasteiger charge is 2.13. The van der Waals surface area contributed by atoms with Gasteiger partial charge in [-0.3, -0.25) is 14.5 Å². The van der Waals surface area contributed by atoms with Gasteiger partial charge in [-0.2, -0.15) is 0 Å². The maximum absolute atomic E-state index is 12.2. The number of carbonyl (C=O) groups is 2. The summed E-state index contributed by atoms with van der Waals surface area (Å²) in [5.74, 6) is -0.408. The third kappa shape index (κ3) is 5.82. The second-order valence-electron chi connectivity index (χ2n) is 6.45. The van der Waals surface area contributed by atoms with Gasteiger partial charge >= 0.3 is 0 Å². The molecule has 3 rings (SSSR count). The van der Waals surface area contributed by atoms with E-state index in [1.54, 1.807) is 24.3 Å². The molecule has 150 valence electrons. The number of nitrogens with one attached hydrogen (secondary N) is 2. The van der Waals surface area contributed by atoms with Crippen molar-refractivity contribution in [3.8, 4) is 0 Å². The van der Waals surface area contributed by atoms with Gasteiger partial charge in [-0.25, -0.2) is 0 Å². The van der Waals surface area contributed by atoms with E-state index in [1.165, 1.54) is 11.3 Å². The minimum atomic E-state index is -0.294. The van der Waals surface area contributed by atoms with E-state index in [0.29, 0.717) is 22.8 Å². The van der Waals surface area contributed by atoms with Crippen LogP contribution in [0.3, 0.4) is 0 Å². The molecule has 0 saturated carbocycles. The topological polar surface area (TPSA) is 96.5 Å². The van der Waals surface area contributed by atoms with Crippen LogP contribution in [0.4, 0.5) is 5.69 Å². The molecule has 0 aliphatic carbocycles. The second-order valence-corrected chi connectivity index (χ2v) is 7.51. The van der Waals surface area contributed by atoms with E-state index in [1.807, 2.05) is 6.92 Å². The fourth-order valence-corrected chi connectivity index (χ4v) is 3.48. The first kappa shape index (κ1) is 20.4. The number of hydrogen-bond acceptors (Lipinski definition) is 7. The molecular weight excluding hydrogens is 378 g/mol. The van der Waals surface area contributed by atoms with E-state index < -0.39 is 0 Å². The quantitative estimate of drug-likeness (QED) is 0.653. The number of amides is 2. The number of nitrogens with zero attached hydrogens (tertiary/aromatic N) is 3. The van der Waals surface area contributed by atoms with Gasteiger partial charge in [-0.05, 0) is 43.7 Å². The van der Waals surface area contributed by atoms with E-state index >= 15 is 0 Å². The molecule has 2 aromatic rings. The van der Waals surface area contributed by atoms with Crippen LogP contribution in [0.25, 0.3) is 0 Å². The molecule has 0 unspecified atom stereocenters. The first-order chi connectivity index (χ1) is 13.7. The molecule has 1 aliphatic heterocycles. The normalized spacial score (nSPS) is 14.6.